The van der Waals surface area contributed by atoms with Crippen molar-refractivity contribution in [2.45, 2.75) is 20.4 Å². The summed E-state index contributed by atoms with van der Waals surface area (Å²) in [5, 5.41) is 0.490. The molecule has 0 saturated carbocycles. The van der Waals surface area contributed by atoms with E-state index in [1.54, 1.807) is 25.1 Å². The first kappa shape index (κ1) is 19.1. The summed E-state index contributed by atoms with van der Waals surface area (Å²) >= 11 is 1.43. The molecule has 0 aliphatic rings. The van der Waals surface area contributed by atoms with Gasteiger partial charge in [0.15, 0.2) is 0 Å². The molecule has 4 aromatic rings. The molecule has 0 atom stereocenters. The lowest BCUT2D eigenvalue weighted by Crippen LogP contribution is -2.24. The molecule has 148 valence electrons. The van der Waals surface area contributed by atoms with E-state index >= 15 is 0 Å². The Bertz CT molecular complexity index is 1280. The van der Waals surface area contributed by atoms with Crippen molar-refractivity contribution >= 4 is 27.5 Å². The van der Waals surface area contributed by atoms with E-state index in [-0.39, 0.29) is 23.7 Å². The highest BCUT2D eigenvalue weighted by molar-refractivity contribution is 7.19. The Kier molecular flexibility index (Phi) is 4.79. The Morgan fingerprint density at radius 3 is 2.62 bits per heavy atom. The molecule has 0 saturated heterocycles. The quantitative estimate of drug-likeness (QED) is 0.467. The molecular weight excluding hydrogens is 395 g/mol. The van der Waals surface area contributed by atoms with Crippen LogP contribution in [0.2, 0.25) is 0 Å². The van der Waals surface area contributed by atoms with Crippen molar-refractivity contribution in [3.8, 4) is 11.1 Å². The lowest BCUT2D eigenvalue weighted by atomic mass is 10.0. The van der Waals surface area contributed by atoms with Crippen LogP contribution < -0.4 is 5.56 Å². The average Bonchev–Trinajstić information content (AvgIpc) is 3.29. The minimum atomic E-state index is -0.582. The SMILES string of the molecule is COC(=O)c1ccc(Cn2c(C)nc3sc(C)c(-c4ccc(F)cc4)c3c2=O)o1. The number of furan rings is 1. The Labute approximate surface area is 169 Å². The number of hydrogen-bond acceptors (Lipinski definition) is 6. The summed E-state index contributed by atoms with van der Waals surface area (Å²) in [6, 6.07) is 9.19. The number of rotatable bonds is 4. The van der Waals surface area contributed by atoms with E-state index in [0.29, 0.717) is 21.8 Å². The second-order valence-corrected chi connectivity index (χ2v) is 7.73. The van der Waals surface area contributed by atoms with Gasteiger partial charge < -0.3 is 9.15 Å². The van der Waals surface area contributed by atoms with Gasteiger partial charge in [-0.1, -0.05) is 12.1 Å². The second-order valence-electron chi connectivity index (χ2n) is 6.53. The lowest BCUT2D eigenvalue weighted by Gasteiger charge is -2.09. The van der Waals surface area contributed by atoms with Crippen LogP contribution in [0, 0.1) is 19.7 Å². The average molecular weight is 412 g/mol. The smallest absolute Gasteiger partial charge is 0.373 e. The first-order valence-corrected chi connectivity index (χ1v) is 9.64. The number of nitrogens with zero attached hydrogens (tertiary/aromatic N) is 2. The van der Waals surface area contributed by atoms with E-state index < -0.39 is 5.97 Å². The summed E-state index contributed by atoms with van der Waals surface area (Å²) in [5.41, 5.74) is 1.30. The predicted molar refractivity (Wildman–Crippen MR) is 108 cm³/mol. The van der Waals surface area contributed by atoms with Crippen molar-refractivity contribution in [2.75, 3.05) is 7.11 Å². The fraction of sp³-hybridized carbons (Fsp3) is 0.190. The number of carbonyl (C=O) groups is 1. The highest BCUT2D eigenvalue weighted by atomic mass is 32.1. The molecule has 0 aliphatic carbocycles. The lowest BCUT2D eigenvalue weighted by molar-refractivity contribution is 0.0563. The van der Waals surface area contributed by atoms with Gasteiger partial charge in [-0.25, -0.2) is 14.2 Å². The third-order valence-electron chi connectivity index (χ3n) is 4.67. The van der Waals surface area contributed by atoms with Crippen LogP contribution in [0.3, 0.4) is 0 Å². The second kappa shape index (κ2) is 7.29. The van der Waals surface area contributed by atoms with Crippen LogP contribution in [-0.2, 0) is 11.3 Å². The minimum Gasteiger partial charge on any atom is -0.463 e. The van der Waals surface area contributed by atoms with Gasteiger partial charge in [-0.05, 0) is 43.7 Å². The molecule has 1 aromatic carbocycles. The zero-order valence-electron chi connectivity index (χ0n) is 16.0. The highest BCUT2D eigenvalue weighted by Gasteiger charge is 2.20. The Morgan fingerprint density at radius 1 is 1.21 bits per heavy atom. The number of carbonyl (C=O) groups excluding carboxylic acids is 1. The van der Waals surface area contributed by atoms with Gasteiger partial charge >= 0.3 is 5.97 Å². The van der Waals surface area contributed by atoms with Crippen LogP contribution in [0.25, 0.3) is 21.3 Å². The molecule has 0 bridgehead atoms. The molecule has 0 N–H and O–H groups in total. The molecule has 0 amide bonds. The monoisotopic (exact) mass is 412 g/mol. The third kappa shape index (κ3) is 3.36. The van der Waals surface area contributed by atoms with E-state index in [1.807, 2.05) is 6.92 Å². The summed E-state index contributed by atoms with van der Waals surface area (Å²) in [6.45, 7) is 3.79. The molecule has 3 heterocycles. The van der Waals surface area contributed by atoms with Crippen molar-refractivity contribution in [1.82, 2.24) is 9.55 Å². The number of aromatic nitrogens is 2. The molecule has 0 fully saturated rings. The maximum atomic E-state index is 13.3. The fourth-order valence-electron chi connectivity index (χ4n) is 3.28. The maximum absolute atomic E-state index is 13.3. The standard InChI is InChI=1S/C21H17FN2O4S/c1-11-17(13-4-6-14(22)7-5-13)18-19(29-11)23-12(2)24(20(18)25)10-15-8-9-16(28-15)21(26)27-3/h4-9H,10H2,1-3H3. The van der Waals surface area contributed by atoms with Crippen LogP contribution in [0.4, 0.5) is 4.39 Å². The molecule has 0 radical (unpaired) electrons. The topological polar surface area (TPSA) is 74.3 Å². The molecule has 8 heteroatoms. The molecule has 29 heavy (non-hydrogen) atoms. The maximum Gasteiger partial charge on any atom is 0.373 e. The molecule has 3 aromatic heterocycles. The fourth-order valence-corrected chi connectivity index (χ4v) is 4.36. The van der Waals surface area contributed by atoms with Gasteiger partial charge in [0.1, 0.15) is 22.2 Å². The Morgan fingerprint density at radius 2 is 1.93 bits per heavy atom. The van der Waals surface area contributed by atoms with Gasteiger partial charge in [0.2, 0.25) is 5.76 Å². The number of hydrogen-bond donors (Lipinski definition) is 0. The van der Waals surface area contributed by atoms with Crippen LogP contribution in [0.1, 0.15) is 27.0 Å². The van der Waals surface area contributed by atoms with Crippen molar-refractivity contribution in [1.29, 1.82) is 0 Å². The molecule has 4 rings (SSSR count). The van der Waals surface area contributed by atoms with Crippen LogP contribution >= 0.6 is 11.3 Å². The minimum absolute atomic E-state index is 0.0700. The largest absolute Gasteiger partial charge is 0.463 e. The number of halogens is 1. The molecule has 6 nitrogen and oxygen atoms in total. The van der Waals surface area contributed by atoms with Crippen molar-refractivity contribution in [2.24, 2.45) is 0 Å². The van der Waals surface area contributed by atoms with Crippen molar-refractivity contribution in [3.05, 3.63) is 74.8 Å². The number of aryl methyl sites for hydroxylation is 2. The third-order valence-corrected chi connectivity index (χ3v) is 5.67. The molecule has 0 unspecified atom stereocenters. The van der Waals surface area contributed by atoms with Crippen LogP contribution in [-0.4, -0.2) is 22.6 Å². The van der Waals surface area contributed by atoms with Gasteiger partial charge in [-0.2, -0.15) is 0 Å². The summed E-state index contributed by atoms with van der Waals surface area (Å²) in [6.07, 6.45) is 0. The zero-order valence-corrected chi connectivity index (χ0v) is 16.8. The number of ether oxygens (including phenoxy) is 1. The Hall–Kier alpha value is -3.26. The Balaban J connectivity index is 1.84. The first-order chi connectivity index (χ1) is 13.9. The number of esters is 1. The van der Waals surface area contributed by atoms with E-state index in [1.165, 1.54) is 41.2 Å². The van der Waals surface area contributed by atoms with E-state index in [2.05, 4.69) is 9.72 Å². The summed E-state index contributed by atoms with van der Waals surface area (Å²) in [7, 11) is 1.27. The number of methoxy groups -OCH3 is 1. The molecule has 0 spiro atoms. The molecular formula is C21H17FN2O4S. The zero-order chi connectivity index (χ0) is 20.7. The van der Waals surface area contributed by atoms with Gasteiger partial charge in [-0.3, -0.25) is 9.36 Å². The van der Waals surface area contributed by atoms with Crippen LogP contribution in [0.15, 0.2) is 45.6 Å². The van der Waals surface area contributed by atoms with Gasteiger partial charge in [0.25, 0.3) is 5.56 Å². The number of thiophene rings is 1. The predicted octanol–water partition coefficient (Wildman–Crippen LogP) is 4.31. The normalized spacial score (nSPS) is 11.2. The van der Waals surface area contributed by atoms with Crippen molar-refractivity contribution < 1.29 is 18.3 Å². The number of benzene rings is 1. The summed E-state index contributed by atoms with van der Waals surface area (Å²) in [4.78, 5) is 31.1. The number of fused-ring (bicyclic) bond motifs is 1. The van der Waals surface area contributed by atoms with Crippen molar-refractivity contribution in [3.63, 3.8) is 0 Å². The first-order valence-electron chi connectivity index (χ1n) is 8.82. The summed E-state index contributed by atoms with van der Waals surface area (Å²) in [5.74, 6) is 0.121. The summed E-state index contributed by atoms with van der Waals surface area (Å²) < 4.78 is 25.0. The van der Waals surface area contributed by atoms with E-state index in [4.69, 9.17) is 4.42 Å². The highest BCUT2D eigenvalue weighted by Crippen LogP contribution is 2.35. The van der Waals surface area contributed by atoms with E-state index in [9.17, 15) is 14.0 Å². The van der Waals surface area contributed by atoms with Gasteiger partial charge in [-0.15, -0.1) is 11.3 Å². The van der Waals surface area contributed by atoms with Crippen LogP contribution in [0.5, 0.6) is 0 Å². The van der Waals surface area contributed by atoms with Gasteiger partial charge in [0, 0.05) is 10.4 Å². The van der Waals surface area contributed by atoms with Gasteiger partial charge in [0.05, 0.1) is 19.0 Å². The van der Waals surface area contributed by atoms with E-state index in [0.717, 1.165) is 16.0 Å². The molecule has 0 aliphatic heterocycles.